The molecular weight excluding hydrogens is 366 g/mol. The fraction of sp³-hybridized carbons (Fsp3) is 0.150. The number of nitrogens with two attached hydrogens (primary N) is 2. The number of halogens is 2. The number of aromatic amines is 1. The van der Waals surface area contributed by atoms with Crippen molar-refractivity contribution in [2.24, 2.45) is 11.5 Å². The molecule has 4 rings (SSSR count). The van der Waals surface area contributed by atoms with Gasteiger partial charge in [-0.25, -0.2) is 13.8 Å². The number of nitrogens with one attached hydrogen (secondary N) is 1. The number of fused-ring (bicyclic) bond motifs is 1. The van der Waals surface area contributed by atoms with Crippen LogP contribution in [-0.2, 0) is 0 Å². The van der Waals surface area contributed by atoms with Gasteiger partial charge in [0.2, 0.25) is 0 Å². The Morgan fingerprint density at radius 3 is 2.59 bits per heavy atom. The highest BCUT2D eigenvalue weighted by atomic mass is 32.1. The first kappa shape index (κ1) is 17.8. The maximum Gasteiger partial charge on any atom is 0.167 e. The third kappa shape index (κ3) is 3.14. The van der Waals surface area contributed by atoms with E-state index >= 15 is 0 Å². The zero-order chi connectivity index (χ0) is 19.1. The van der Waals surface area contributed by atoms with Gasteiger partial charge in [-0.15, -0.1) is 11.3 Å². The zero-order valence-corrected chi connectivity index (χ0v) is 15.4. The van der Waals surface area contributed by atoms with Crippen molar-refractivity contribution in [1.82, 2.24) is 9.97 Å². The Morgan fingerprint density at radius 1 is 1.04 bits per heavy atom. The fourth-order valence-electron chi connectivity index (χ4n) is 3.19. The summed E-state index contributed by atoms with van der Waals surface area (Å²) in [6, 6.07) is 8.74. The summed E-state index contributed by atoms with van der Waals surface area (Å²) in [4.78, 5) is 8.18. The van der Waals surface area contributed by atoms with E-state index in [1.165, 1.54) is 17.4 Å². The number of H-pyrrole nitrogens is 1. The van der Waals surface area contributed by atoms with E-state index in [0.29, 0.717) is 5.56 Å². The van der Waals surface area contributed by atoms with E-state index in [0.717, 1.165) is 21.5 Å². The van der Waals surface area contributed by atoms with Crippen LogP contribution < -0.4 is 11.5 Å². The van der Waals surface area contributed by atoms with Crippen molar-refractivity contribution in [2.75, 3.05) is 0 Å². The van der Waals surface area contributed by atoms with E-state index in [1.54, 1.807) is 23.8 Å². The van der Waals surface area contributed by atoms with E-state index in [1.807, 2.05) is 25.1 Å². The summed E-state index contributed by atoms with van der Waals surface area (Å²) in [6.45, 7) is 1.92. The largest absolute Gasteiger partial charge is 0.345 e. The predicted molar refractivity (Wildman–Crippen MR) is 104 cm³/mol. The van der Waals surface area contributed by atoms with Gasteiger partial charge < -0.3 is 16.5 Å². The quantitative estimate of drug-likeness (QED) is 0.482. The average molecular weight is 384 g/mol. The van der Waals surface area contributed by atoms with Gasteiger partial charge in [-0.1, -0.05) is 18.2 Å². The molecule has 0 saturated carbocycles. The molecule has 0 radical (unpaired) electrons. The summed E-state index contributed by atoms with van der Waals surface area (Å²) in [6.07, 6.45) is 1.58. The molecule has 0 bridgehead atoms. The number of imidazole rings is 1. The molecule has 0 fully saturated rings. The number of hydrogen-bond acceptors (Lipinski definition) is 4. The predicted octanol–water partition coefficient (Wildman–Crippen LogP) is 4.58. The van der Waals surface area contributed by atoms with Gasteiger partial charge in [0.05, 0.1) is 23.4 Å². The van der Waals surface area contributed by atoms with Gasteiger partial charge in [-0.05, 0) is 41.6 Å². The van der Waals surface area contributed by atoms with Crippen molar-refractivity contribution in [2.45, 2.75) is 19.0 Å². The van der Waals surface area contributed by atoms with Gasteiger partial charge in [0.25, 0.3) is 0 Å². The lowest BCUT2D eigenvalue weighted by atomic mass is 9.92. The first-order chi connectivity index (χ1) is 13.0. The summed E-state index contributed by atoms with van der Waals surface area (Å²) in [5, 5.41) is 1.80. The lowest BCUT2D eigenvalue weighted by Gasteiger charge is -2.22. The minimum atomic E-state index is -0.957. The van der Waals surface area contributed by atoms with Crippen LogP contribution in [0.2, 0.25) is 0 Å². The topological polar surface area (TPSA) is 80.7 Å². The first-order valence-corrected chi connectivity index (χ1v) is 9.31. The smallest absolute Gasteiger partial charge is 0.167 e. The molecule has 0 aliphatic carbocycles. The molecule has 2 aromatic carbocycles. The van der Waals surface area contributed by atoms with Gasteiger partial charge in [-0.3, -0.25) is 0 Å². The van der Waals surface area contributed by atoms with Crippen LogP contribution in [-0.4, -0.2) is 9.97 Å². The highest BCUT2D eigenvalue weighted by Crippen LogP contribution is 2.34. The highest BCUT2D eigenvalue weighted by molar-refractivity contribution is 7.10. The standard InChI is InChI=1S/C20H18F2N4S/c1-10-6-12(8-27-10)13-3-4-14(18(22)17(13)21)20(24)19(23)11-2-5-15-16(7-11)26-9-25-15/h2-9,19-20H,23-24H2,1H3,(H,25,26). The number of benzene rings is 2. The molecule has 2 atom stereocenters. The van der Waals surface area contributed by atoms with Crippen molar-refractivity contribution in [3.05, 3.63) is 75.7 Å². The second-order valence-electron chi connectivity index (χ2n) is 6.51. The molecule has 7 heteroatoms. The fourth-order valence-corrected chi connectivity index (χ4v) is 3.89. The van der Waals surface area contributed by atoms with Crippen molar-refractivity contribution in [3.8, 4) is 11.1 Å². The van der Waals surface area contributed by atoms with E-state index in [-0.39, 0.29) is 11.1 Å². The SMILES string of the molecule is Cc1cc(-c2ccc(C(N)C(N)c3ccc4nc[nH]c4c3)c(F)c2F)cs1. The number of aryl methyl sites for hydroxylation is 1. The van der Waals surface area contributed by atoms with Gasteiger partial charge >= 0.3 is 0 Å². The Bertz CT molecular complexity index is 1120. The number of hydrogen-bond donors (Lipinski definition) is 3. The third-order valence-electron chi connectivity index (χ3n) is 4.73. The lowest BCUT2D eigenvalue weighted by Crippen LogP contribution is -2.27. The molecular formula is C20H18F2N4S. The number of rotatable bonds is 4. The van der Waals surface area contributed by atoms with Crippen LogP contribution in [0.25, 0.3) is 22.2 Å². The van der Waals surface area contributed by atoms with E-state index in [4.69, 9.17) is 11.5 Å². The van der Waals surface area contributed by atoms with Gasteiger partial charge in [0.1, 0.15) is 0 Å². The zero-order valence-electron chi connectivity index (χ0n) is 14.5. The van der Waals surface area contributed by atoms with Crippen LogP contribution in [0, 0.1) is 18.6 Å². The Kier molecular flexibility index (Phi) is 4.51. The molecule has 0 amide bonds. The van der Waals surface area contributed by atoms with Gasteiger partial charge in [0.15, 0.2) is 11.6 Å². The lowest BCUT2D eigenvalue weighted by molar-refractivity contribution is 0.473. The molecule has 27 heavy (non-hydrogen) atoms. The molecule has 0 aliphatic rings. The molecule has 4 aromatic rings. The first-order valence-electron chi connectivity index (χ1n) is 8.43. The molecule has 138 valence electrons. The third-order valence-corrected chi connectivity index (χ3v) is 5.59. The minimum absolute atomic E-state index is 0.0559. The van der Waals surface area contributed by atoms with Crippen molar-refractivity contribution >= 4 is 22.4 Å². The maximum absolute atomic E-state index is 14.8. The number of nitrogens with zero attached hydrogens (tertiary/aromatic N) is 1. The van der Waals surface area contributed by atoms with Crippen LogP contribution in [0.1, 0.15) is 28.1 Å². The molecule has 0 saturated heterocycles. The summed E-state index contributed by atoms with van der Waals surface area (Å²) in [5.41, 5.74) is 15.7. The minimum Gasteiger partial charge on any atom is -0.345 e. The highest BCUT2D eigenvalue weighted by Gasteiger charge is 2.24. The van der Waals surface area contributed by atoms with E-state index in [9.17, 15) is 8.78 Å². The molecule has 2 heterocycles. The molecule has 0 spiro atoms. The maximum atomic E-state index is 14.8. The van der Waals surface area contributed by atoms with Crippen LogP contribution >= 0.6 is 11.3 Å². The number of aromatic nitrogens is 2. The van der Waals surface area contributed by atoms with Crippen molar-refractivity contribution in [3.63, 3.8) is 0 Å². The molecule has 2 unspecified atom stereocenters. The Morgan fingerprint density at radius 2 is 1.85 bits per heavy atom. The van der Waals surface area contributed by atoms with Crippen LogP contribution in [0.15, 0.2) is 48.1 Å². The van der Waals surface area contributed by atoms with Crippen molar-refractivity contribution in [1.29, 1.82) is 0 Å². The molecule has 5 N–H and O–H groups in total. The van der Waals surface area contributed by atoms with Crippen LogP contribution in [0.5, 0.6) is 0 Å². The second kappa shape index (κ2) is 6.84. The molecule has 2 aromatic heterocycles. The Hall–Kier alpha value is -2.61. The second-order valence-corrected chi connectivity index (χ2v) is 7.62. The van der Waals surface area contributed by atoms with E-state index < -0.39 is 23.7 Å². The summed E-state index contributed by atoms with van der Waals surface area (Å²) < 4.78 is 29.4. The Labute approximate surface area is 158 Å². The summed E-state index contributed by atoms with van der Waals surface area (Å²) in [7, 11) is 0. The van der Waals surface area contributed by atoms with Gasteiger partial charge in [0, 0.05) is 22.0 Å². The number of thiophene rings is 1. The van der Waals surface area contributed by atoms with Crippen LogP contribution in [0.3, 0.4) is 0 Å². The molecule has 0 aliphatic heterocycles. The van der Waals surface area contributed by atoms with E-state index in [2.05, 4.69) is 9.97 Å². The Balaban J connectivity index is 1.68. The average Bonchev–Trinajstić information content (AvgIpc) is 3.30. The van der Waals surface area contributed by atoms with Crippen LogP contribution in [0.4, 0.5) is 8.78 Å². The summed E-state index contributed by atoms with van der Waals surface area (Å²) in [5.74, 6) is -1.86. The monoisotopic (exact) mass is 384 g/mol. The molecule has 4 nitrogen and oxygen atoms in total. The van der Waals surface area contributed by atoms with Crippen molar-refractivity contribution < 1.29 is 8.78 Å². The normalized spacial score (nSPS) is 13.8. The van der Waals surface area contributed by atoms with Gasteiger partial charge in [-0.2, -0.15) is 0 Å². The summed E-state index contributed by atoms with van der Waals surface area (Å²) >= 11 is 1.49.